The van der Waals surface area contributed by atoms with Gasteiger partial charge in [-0.25, -0.2) is 0 Å². The van der Waals surface area contributed by atoms with E-state index < -0.39 is 23.8 Å². The summed E-state index contributed by atoms with van der Waals surface area (Å²) in [5.74, 6) is -0.404. The predicted molar refractivity (Wildman–Crippen MR) is 143 cm³/mol. The molecule has 0 spiro atoms. The molecule has 2 aliphatic rings. The molecular weight excluding hydrogens is 502 g/mol. The quantitative estimate of drug-likeness (QED) is 0.597. The van der Waals surface area contributed by atoms with E-state index in [2.05, 4.69) is 5.32 Å². The van der Waals surface area contributed by atoms with E-state index in [4.69, 9.17) is 14.2 Å². The van der Waals surface area contributed by atoms with E-state index in [0.29, 0.717) is 42.3 Å². The molecule has 10 nitrogen and oxygen atoms in total. The van der Waals surface area contributed by atoms with Crippen molar-refractivity contribution in [3.63, 3.8) is 0 Å². The topological polar surface area (TPSA) is 114 Å². The maximum absolute atomic E-state index is 13.5. The SMILES string of the molecule is CCN1CC(=O)N[C@H]2CN(C(=O)C(C)=O)CC[C@@H]2OCc2cccc(c2)Oc2cc(OC(C)C)cc(c2)C1=O. The van der Waals surface area contributed by atoms with Crippen molar-refractivity contribution >= 4 is 23.5 Å². The number of amides is 3. The van der Waals surface area contributed by atoms with E-state index in [9.17, 15) is 19.2 Å². The van der Waals surface area contributed by atoms with Crippen LogP contribution in [0.15, 0.2) is 42.5 Å². The summed E-state index contributed by atoms with van der Waals surface area (Å²) in [6.45, 7) is 7.64. The summed E-state index contributed by atoms with van der Waals surface area (Å²) in [7, 11) is 0. The Labute approximate surface area is 228 Å². The van der Waals surface area contributed by atoms with Gasteiger partial charge < -0.3 is 29.3 Å². The standard InChI is InChI=1S/C29H35N3O7/c1-5-31-16-27(34)30-25-15-32(28(35)19(4)33)10-9-26(25)37-17-20-7-6-8-22(11-20)39-24-13-21(29(31)36)12-23(14-24)38-18(2)3/h6-8,11-14,18,25-26H,5,9-10,15-17H2,1-4H3,(H,30,34)/t25-,26-/m0/s1. The van der Waals surface area contributed by atoms with Crippen molar-refractivity contribution in [2.24, 2.45) is 0 Å². The molecule has 2 atom stereocenters. The number of nitrogens with zero attached hydrogens (tertiary/aromatic N) is 2. The smallest absolute Gasteiger partial charge is 0.289 e. The number of ketones is 1. The van der Waals surface area contributed by atoms with Crippen LogP contribution in [0, 0.1) is 0 Å². The first-order chi connectivity index (χ1) is 18.6. The first-order valence-electron chi connectivity index (χ1n) is 13.2. The first kappa shape index (κ1) is 28.1. The fraction of sp³-hybridized carbons (Fsp3) is 0.448. The average Bonchev–Trinajstić information content (AvgIpc) is 2.89. The van der Waals surface area contributed by atoms with E-state index in [0.717, 1.165) is 5.56 Å². The van der Waals surface area contributed by atoms with Crippen molar-refractivity contribution in [2.75, 3.05) is 26.2 Å². The van der Waals surface area contributed by atoms with Gasteiger partial charge in [0.05, 0.1) is 31.4 Å². The van der Waals surface area contributed by atoms with Crippen LogP contribution in [0.1, 0.15) is 50.0 Å². The molecule has 10 heteroatoms. The van der Waals surface area contributed by atoms with Gasteiger partial charge in [0, 0.05) is 38.2 Å². The van der Waals surface area contributed by atoms with Crippen LogP contribution in [0.5, 0.6) is 17.2 Å². The second-order valence-electron chi connectivity index (χ2n) is 10.0. The summed E-state index contributed by atoms with van der Waals surface area (Å²) < 4.78 is 18.2. The summed E-state index contributed by atoms with van der Waals surface area (Å²) >= 11 is 0. The number of benzene rings is 2. The molecule has 2 aromatic rings. The summed E-state index contributed by atoms with van der Waals surface area (Å²) in [5.41, 5.74) is 1.19. The predicted octanol–water partition coefficient (Wildman–Crippen LogP) is 2.93. The third-order valence-corrected chi connectivity index (χ3v) is 6.58. The molecule has 2 aromatic carbocycles. The number of fused-ring (bicyclic) bond motifs is 5. The van der Waals surface area contributed by atoms with Gasteiger partial charge in [0.15, 0.2) is 0 Å². The molecule has 0 unspecified atom stereocenters. The van der Waals surface area contributed by atoms with E-state index in [1.54, 1.807) is 25.1 Å². The van der Waals surface area contributed by atoms with Gasteiger partial charge in [0.1, 0.15) is 17.2 Å². The van der Waals surface area contributed by atoms with E-state index in [1.165, 1.54) is 16.7 Å². The number of carbonyl (C=O) groups excluding carboxylic acids is 4. The molecule has 4 rings (SSSR count). The Morgan fingerprint density at radius 3 is 2.64 bits per heavy atom. The highest BCUT2D eigenvalue weighted by molar-refractivity contribution is 6.35. The molecule has 0 aliphatic carbocycles. The Balaban J connectivity index is 1.68. The van der Waals surface area contributed by atoms with Gasteiger partial charge in [-0.2, -0.15) is 0 Å². The molecule has 208 valence electrons. The molecule has 0 saturated carbocycles. The maximum Gasteiger partial charge on any atom is 0.289 e. The highest BCUT2D eigenvalue weighted by atomic mass is 16.5. The van der Waals surface area contributed by atoms with Crippen molar-refractivity contribution < 1.29 is 33.4 Å². The van der Waals surface area contributed by atoms with Crippen LogP contribution in [-0.2, 0) is 25.7 Å². The van der Waals surface area contributed by atoms with Crippen molar-refractivity contribution in [1.29, 1.82) is 0 Å². The molecule has 39 heavy (non-hydrogen) atoms. The number of likely N-dealkylation sites (tertiary alicyclic amines) is 1. The van der Waals surface area contributed by atoms with Gasteiger partial charge in [-0.15, -0.1) is 0 Å². The van der Waals surface area contributed by atoms with Crippen LogP contribution < -0.4 is 14.8 Å². The zero-order valence-corrected chi connectivity index (χ0v) is 22.8. The minimum atomic E-state index is -0.593. The van der Waals surface area contributed by atoms with Crippen LogP contribution in [0.3, 0.4) is 0 Å². The van der Waals surface area contributed by atoms with E-state index in [-0.39, 0.29) is 37.6 Å². The highest BCUT2D eigenvalue weighted by Gasteiger charge is 2.35. The largest absolute Gasteiger partial charge is 0.491 e. The molecule has 0 radical (unpaired) electrons. The lowest BCUT2D eigenvalue weighted by molar-refractivity contribution is -0.146. The molecule has 3 amide bonds. The monoisotopic (exact) mass is 537 g/mol. The minimum Gasteiger partial charge on any atom is -0.491 e. The number of piperidine rings is 1. The number of Topliss-reactive ketones (excluding diaryl/α,β-unsaturated/α-hetero) is 1. The van der Waals surface area contributed by atoms with Crippen LogP contribution in [0.4, 0.5) is 0 Å². The number of ether oxygens (including phenoxy) is 3. The van der Waals surface area contributed by atoms with Crippen molar-refractivity contribution in [3.05, 3.63) is 53.6 Å². The summed E-state index contributed by atoms with van der Waals surface area (Å²) in [4.78, 5) is 53.6. The lowest BCUT2D eigenvalue weighted by atomic mass is 10.0. The molecule has 1 fully saturated rings. The Morgan fingerprint density at radius 1 is 1.13 bits per heavy atom. The fourth-order valence-corrected chi connectivity index (χ4v) is 4.74. The molecule has 2 heterocycles. The number of hydrogen-bond donors (Lipinski definition) is 1. The lowest BCUT2D eigenvalue weighted by Gasteiger charge is -2.38. The average molecular weight is 538 g/mol. The van der Waals surface area contributed by atoms with Crippen LogP contribution in [0.25, 0.3) is 0 Å². The van der Waals surface area contributed by atoms with Gasteiger partial charge in [-0.05, 0) is 57.0 Å². The van der Waals surface area contributed by atoms with Crippen molar-refractivity contribution in [3.8, 4) is 17.2 Å². The molecule has 0 aromatic heterocycles. The number of rotatable bonds is 4. The van der Waals surface area contributed by atoms with Gasteiger partial charge in [0.25, 0.3) is 11.8 Å². The summed E-state index contributed by atoms with van der Waals surface area (Å²) in [5, 5.41) is 2.95. The van der Waals surface area contributed by atoms with Crippen molar-refractivity contribution in [2.45, 2.75) is 59.0 Å². The van der Waals surface area contributed by atoms with Gasteiger partial charge >= 0.3 is 0 Å². The van der Waals surface area contributed by atoms with Gasteiger partial charge in [-0.1, -0.05) is 12.1 Å². The number of nitrogens with one attached hydrogen (secondary N) is 1. The number of hydrogen-bond acceptors (Lipinski definition) is 7. The van der Waals surface area contributed by atoms with Gasteiger partial charge in [-0.3, -0.25) is 19.2 Å². The first-order valence-corrected chi connectivity index (χ1v) is 13.2. The fourth-order valence-electron chi connectivity index (χ4n) is 4.74. The van der Waals surface area contributed by atoms with Gasteiger partial charge in [0.2, 0.25) is 11.7 Å². The normalized spacial score (nSPS) is 20.1. The number of carbonyl (C=O) groups is 4. The minimum absolute atomic E-state index is 0.118. The summed E-state index contributed by atoms with van der Waals surface area (Å²) in [6.07, 6.45) is -0.0658. The van der Waals surface area contributed by atoms with Crippen molar-refractivity contribution in [1.82, 2.24) is 15.1 Å². The molecule has 4 bridgehead atoms. The molecular formula is C29H35N3O7. The molecule has 2 aliphatic heterocycles. The van der Waals surface area contributed by atoms with Crippen LogP contribution in [-0.4, -0.2) is 77.7 Å². The van der Waals surface area contributed by atoms with E-state index in [1.807, 2.05) is 38.1 Å². The lowest BCUT2D eigenvalue weighted by Crippen LogP contribution is -2.59. The summed E-state index contributed by atoms with van der Waals surface area (Å²) in [6, 6.07) is 11.9. The second-order valence-corrected chi connectivity index (χ2v) is 10.0. The van der Waals surface area contributed by atoms with E-state index >= 15 is 0 Å². The highest BCUT2D eigenvalue weighted by Crippen LogP contribution is 2.30. The zero-order valence-electron chi connectivity index (χ0n) is 22.8. The Bertz CT molecular complexity index is 1250. The Kier molecular flexibility index (Phi) is 8.86. The third-order valence-electron chi connectivity index (χ3n) is 6.58. The number of likely N-dealkylation sites (N-methyl/N-ethyl adjacent to an activating group) is 1. The van der Waals surface area contributed by atoms with Crippen LogP contribution >= 0.6 is 0 Å². The Hall–Kier alpha value is -3.92. The Morgan fingerprint density at radius 2 is 1.92 bits per heavy atom. The zero-order chi connectivity index (χ0) is 28.1. The third kappa shape index (κ3) is 7.14. The van der Waals surface area contributed by atoms with Crippen LogP contribution in [0.2, 0.25) is 0 Å². The second kappa shape index (κ2) is 12.3. The maximum atomic E-state index is 13.5. The molecule has 1 N–H and O–H groups in total. The molecule has 1 saturated heterocycles.